The van der Waals surface area contributed by atoms with Crippen LogP contribution in [0.3, 0.4) is 0 Å². The zero-order valence-corrected chi connectivity index (χ0v) is 10.7. The van der Waals surface area contributed by atoms with Crippen molar-refractivity contribution in [2.24, 2.45) is 0 Å². The number of imidazole rings is 1. The summed E-state index contributed by atoms with van der Waals surface area (Å²) in [6.45, 7) is 3.50. The van der Waals surface area contributed by atoms with Crippen LogP contribution in [0.5, 0.6) is 0 Å². The molecule has 0 N–H and O–H groups in total. The predicted octanol–water partition coefficient (Wildman–Crippen LogP) is 3.15. The van der Waals surface area contributed by atoms with Crippen molar-refractivity contribution in [3.63, 3.8) is 0 Å². The monoisotopic (exact) mass is 278 g/mol. The van der Waals surface area contributed by atoms with Crippen molar-refractivity contribution in [3.05, 3.63) is 46.5 Å². The molecule has 0 aliphatic heterocycles. The third-order valence-corrected chi connectivity index (χ3v) is 3.07. The quantitative estimate of drug-likeness (QED) is 0.791. The number of aryl methyl sites for hydroxylation is 1. The fraction of sp³-hybridized carbons (Fsp3) is 0.167. The summed E-state index contributed by atoms with van der Waals surface area (Å²) in [6, 6.07) is 5.56. The summed E-state index contributed by atoms with van der Waals surface area (Å²) >= 11 is 3.47. The molecule has 1 heterocycles. The van der Waals surface area contributed by atoms with Crippen LogP contribution in [0.4, 0.5) is 0 Å². The van der Waals surface area contributed by atoms with E-state index in [2.05, 4.69) is 20.9 Å². The Morgan fingerprint density at radius 2 is 2.19 bits per heavy atom. The van der Waals surface area contributed by atoms with E-state index in [0.717, 1.165) is 16.0 Å². The number of ketones is 1. The lowest BCUT2D eigenvalue weighted by Crippen LogP contribution is -1.99. The van der Waals surface area contributed by atoms with Crippen molar-refractivity contribution in [2.45, 2.75) is 13.8 Å². The predicted molar refractivity (Wildman–Crippen MR) is 66.0 cm³/mol. The van der Waals surface area contributed by atoms with Crippen LogP contribution in [-0.4, -0.2) is 15.3 Å². The molecule has 0 unspecified atom stereocenters. The van der Waals surface area contributed by atoms with Gasteiger partial charge in [-0.3, -0.25) is 4.79 Å². The van der Waals surface area contributed by atoms with Gasteiger partial charge < -0.3 is 4.57 Å². The van der Waals surface area contributed by atoms with Crippen LogP contribution in [0.25, 0.3) is 5.69 Å². The summed E-state index contributed by atoms with van der Waals surface area (Å²) in [7, 11) is 0. The molecule has 0 amide bonds. The second-order valence-corrected chi connectivity index (χ2v) is 4.42. The Labute approximate surface area is 102 Å². The van der Waals surface area contributed by atoms with E-state index in [0.29, 0.717) is 5.56 Å². The molecule has 0 atom stereocenters. The number of benzene rings is 1. The molecule has 0 aliphatic carbocycles. The van der Waals surface area contributed by atoms with E-state index in [1.165, 1.54) is 0 Å². The van der Waals surface area contributed by atoms with Gasteiger partial charge in [-0.2, -0.15) is 0 Å². The van der Waals surface area contributed by atoms with Crippen LogP contribution in [0.1, 0.15) is 23.1 Å². The smallest absolute Gasteiger partial charge is 0.159 e. The lowest BCUT2D eigenvalue weighted by atomic mass is 10.1. The molecule has 3 nitrogen and oxygen atoms in total. The van der Waals surface area contributed by atoms with Gasteiger partial charge in [-0.25, -0.2) is 4.98 Å². The molecule has 1 aromatic heterocycles. The van der Waals surface area contributed by atoms with E-state index in [4.69, 9.17) is 0 Å². The van der Waals surface area contributed by atoms with E-state index in [1.807, 2.05) is 35.9 Å². The average molecular weight is 279 g/mol. The number of rotatable bonds is 2. The lowest BCUT2D eigenvalue weighted by molar-refractivity contribution is 0.101. The number of hydrogen-bond donors (Lipinski definition) is 0. The Kier molecular flexibility index (Phi) is 2.92. The summed E-state index contributed by atoms with van der Waals surface area (Å²) in [6.07, 6.45) is 3.64. The summed E-state index contributed by atoms with van der Waals surface area (Å²) in [5.41, 5.74) is 1.69. The molecule has 0 fully saturated rings. The van der Waals surface area contributed by atoms with Gasteiger partial charge in [0.25, 0.3) is 0 Å². The highest BCUT2D eigenvalue weighted by Crippen LogP contribution is 2.23. The molecular formula is C12H11BrN2O. The molecule has 2 aromatic rings. The van der Waals surface area contributed by atoms with Crippen molar-refractivity contribution in [3.8, 4) is 5.69 Å². The minimum atomic E-state index is 0.0644. The Morgan fingerprint density at radius 1 is 1.44 bits per heavy atom. The molecule has 0 bridgehead atoms. The largest absolute Gasteiger partial charge is 0.303 e. The van der Waals surface area contributed by atoms with Crippen LogP contribution in [0.15, 0.2) is 35.1 Å². The third kappa shape index (κ3) is 1.93. The fourth-order valence-electron chi connectivity index (χ4n) is 1.55. The Balaban J connectivity index is 2.52. The molecule has 82 valence electrons. The number of Topliss-reactive ketones (excluding diaryl/α,β-unsaturated/α-hetero) is 1. The van der Waals surface area contributed by atoms with E-state index < -0.39 is 0 Å². The minimum Gasteiger partial charge on any atom is -0.303 e. The van der Waals surface area contributed by atoms with Crippen LogP contribution in [0, 0.1) is 6.92 Å². The molecular weight excluding hydrogens is 268 g/mol. The standard InChI is InChI=1S/C12H11BrN2O/c1-8(16)10-3-4-12(11(13)7-10)15-6-5-14-9(15)2/h3-7H,1-2H3. The molecule has 0 spiro atoms. The molecule has 0 saturated heterocycles. The first-order valence-electron chi connectivity index (χ1n) is 4.90. The Hall–Kier alpha value is -1.42. The van der Waals surface area contributed by atoms with E-state index in [9.17, 15) is 4.79 Å². The van der Waals surface area contributed by atoms with Crippen molar-refractivity contribution in [1.29, 1.82) is 0 Å². The van der Waals surface area contributed by atoms with Gasteiger partial charge in [-0.15, -0.1) is 0 Å². The second kappa shape index (κ2) is 4.22. The van der Waals surface area contributed by atoms with Gasteiger partial charge >= 0.3 is 0 Å². The van der Waals surface area contributed by atoms with Crippen LogP contribution < -0.4 is 0 Å². The number of hydrogen-bond acceptors (Lipinski definition) is 2. The highest BCUT2D eigenvalue weighted by atomic mass is 79.9. The summed E-state index contributed by atoms with van der Waals surface area (Å²) in [5.74, 6) is 0.978. The zero-order chi connectivity index (χ0) is 11.7. The molecule has 2 rings (SSSR count). The molecule has 4 heteroatoms. The molecule has 0 aliphatic rings. The number of aromatic nitrogens is 2. The fourth-order valence-corrected chi connectivity index (χ4v) is 2.12. The summed E-state index contributed by atoms with van der Waals surface area (Å²) < 4.78 is 2.86. The Bertz CT molecular complexity index is 546. The Morgan fingerprint density at radius 3 is 2.69 bits per heavy atom. The van der Waals surface area contributed by atoms with Gasteiger partial charge in [0.05, 0.1) is 5.69 Å². The van der Waals surface area contributed by atoms with Gasteiger partial charge in [-0.1, -0.05) is 0 Å². The summed E-state index contributed by atoms with van der Waals surface area (Å²) in [4.78, 5) is 15.4. The van der Waals surface area contributed by atoms with Gasteiger partial charge in [0.1, 0.15) is 5.82 Å². The first-order chi connectivity index (χ1) is 7.59. The number of carbonyl (C=O) groups excluding carboxylic acids is 1. The number of carbonyl (C=O) groups is 1. The SMILES string of the molecule is CC(=O)c1ccc(-n2ccnc2C)c(Br)c1. The maximum absolute atomic E-state index is 11.2. The normalized spacial score (nSPS) is 10.4. The zero-order valence-electron chi connectivity index (χ0n) is 9.07. The van der Waals surface area contributed by atoms with Gasteiger partial charge in [0, 0.05) is 22.4 Å². The van der Waals surface area contributed by atoms with Gasteiger partial charge in [-0.05, 0) is 48.0 Å². The van der Waals surface area contributed by atoms with Crippen molar-refractivity contribution in [1.82, 2.24) is 9.55 Å². The van der Waals surface area contributed by atoms with E-state index >= 15 is 0 Å². The van der Waals surface area contributed by atoms with E-state index in [-0.39, 0.29) is 5.78 Å². The van der Waals surface area contributed by atoms with Crippen molar-refractivity contribution < 1.29 is 4.79 Å². The highest BCUT2D eigenvalue weighted by Gasteiger charge is 2.07. The first-order valence-corrected chi connectivity index (χ1v) is 5.69. The number of nitrogens with zero attached hydrogens (tertiary/aromatic N) is 2. The highest BCUT2D eigenvalue weighted by molar-refractivity contribution is 9.10. The van der Waals surface area contributed by atoms with Crippen molar-refractivity contribution >= 4 is 21.7 Å². The van der Waals surface area contributed by atoms with Crippen LogP contribution in [-0.2, 0) is 0 Å². The van der Waals surface area contributed by atoms with E-state index in [1.54, 1.807) is 13.1 Å². The minimum absolute atomic E-state index is 0.0644. The second-order valence-electron chi connectivity index (χ2n) is 3.57. The number of halogens is 1. The van der Waals surface area contributed by atoms with Gasteiger partial charge in [0.15, 0.2) is 5.78 Å². The molecule has 0 radical (unpaired) electrons. The maximum Gasteiger partial charge on any atom is 0.159 e. The van der Waals surface area contributed by atoms with Gasteiger partial charge in [0.2, 0.25) is 0 Å². The topological polar surface area (TPSA) is 34.9 Å². The molecule has 1 aromatic carbocycles. The maximum atomic E-state index is 11.2. The first kappa shape index (κ1) is 11.1. The van der Waals surface area contributed by atoms with Crippen LogP contribution in [0.2, 0.25) is 0 Å². The summed E-state index contributed by atoms with van der Waals surface area (Å²) in [5, 5.41) is 0. The molecule has 0 saturated carbocycles. The average Bonchev–Trinajstić information content (AvgIpc) is 2.64. The third-order valence-electron chi connectivity index (χ3n) is 2.44. The van der Waals surface area contributed by atoms with Crippen molar-refractivity contribution in [2.75, 3.05) is 0 Å². The van der Waals surface area contributed by atoms with Crippen LogP contribution >= 0.6 is 15.9 Å². The molecule has 16 heavy (non-hydrogen) atoms. The lowest BCUT2D eigenvalue weighted by Gasteiger charge is -2.08.